The highest BCUT2D eigenvalue weighted by atomic mass is 16.2. The standard InChI is InChI=1S/C12H24N2O/c1-3-9-14(2)12(15)10-7-5-4-6-8-11(10)13/h10-11H,3-9,13H2,1-2H3/t10-,11+/m1/s1. The maximum Gasteiger partial charge on any atom is 0.226 e. The molecule has 88 valence electrons. The third kappa shape index (κ3) is 3.49. The van der Waals surface area contributed by atoms with E-state index in [1.54, 1.807) is 0 Å². The highest BCUT2D eigenvalue weighted by Crippen LogP contribution is 2.23. The second kappa shape index (κ2) is 6.11. The van der Waals surface area contributed by atoms with Crippen molar-refractivity contribution in [3.8, 4) is 0 Å². The fraction of sp³-hybridized carbons (Fsp3) is 0.917. The van der Waals surface area contributed by atoms with Crippen LogP contribution in [0.2, 0.25) is 0 Å². The van der Waals surface area contributed by atoms with Crippen molar-refractivity contribution in [3.63, 3.8) is 0 Å². The van der Waals surface area contributed by atoms with E-state index in [-0.39, 0.29) is 17.9 Å². The first kappa shape index (κ1) is 12.5. The van der Waals surface area contributed by atoms with Crippen LogP contribution in [0.25, 0.3) is 0 Å². The highest BCUT2D eigenvalue weighted by molar-refractivity contribution is 5.79. The van der Waals surface area contributed by atoms with E-state index in [0.717, 1.165) is 32.2 Å². The minimum absolute atomic E-state index is 0.0732. The summed E-state index contributed by atoms with van der Waals surface area (Å²) in [6.45, 7) is 2.94. The Morgan fingerprint density at radius 3 is 2.67 bits per heavy atom. The molecule has 15 heavy (non-hydrogen) atoms. The van der Waals surface area contributed by atoms with Gasteiger partial charge in [-0.25, -0.2) is 0 Å². The second-order valence-electron chi connectivity index (χ2n) is 4.67. The van der Waals surface area contributed by atoms with Gasteiger partial charge in [-0.2, -0.15) is 0 Å². The van der Waals surface area contributed by atoms with Crippen LogP contribution in [0.5, 0.6) is 0 Å². The molecular formula is C12H24N2O. The van der Waals surface area contributed by atoms with Crippen molar-refractivity contribution in [1.82, 2.24) is 4.90 Å². The molecule has 0 bridgehead atoms. The molecule has 1 rings (SSSR count). The molecule has 0 radical (unpaired) electrons. The molecule has 0 aromatic carbocycles. The number of hydrogen-bond donors (Lipinski definition) is 1. The summed E-state index contributed by atoms with van der Waals surface area (Å²) in [5, 5.41) is 0. The molecule has 0 saturated heterocycles. The van der Waals surface area contributed by atoms with Crippen LogP contribution in [0.4, 0.5) is 0 Å². The number of amides is 1. The Bertz CT molecular complexity index is 206. The van der Waals surface area contributed by atoms with Crippen molar-refractivity contribution >= 4 is 5.91 Å². The molecule has 1 fully saturated rings. The van der Waals surface area contributed by atoms with Gasteiger partial charge in [0, 0.05) is 19.6 Å². The molecule has 3 heteroatoms. The van der Waals surface area contributed by atoms with Crippen molar-refractivity contribution < 1.29 is 4.79 Å². The Morgan fingerprint density at radius 2 is 2.00 bits per heavy atom. The van der Waals surface area contributed by atoms with Gasteiger partial charge in [0.1, 0.15) is 0 Å². The Kier molecular flexibility index (Phi) is 5.09. The number of carbonyl (C=O) groups is 1. The fourth-order valence-electron chi connectivity index (χ4n) is 2.37. The van der Waals surface area contributed by atoms with Gasteiger partial charge in [-0.3, -0.25) is 4.79 Å². The summed E-state index contributed by atoms with van der Waals surface area (Å²) in [7, 11) is 1.89. The average molecular weight is 212 g/mol. The lowest BCUT2D eigenvalue weighted by atomic mass is 9.94. The summed E-state index contributed by atoms with van der Waals surface area (Å²) < 4.78 is 0. The van der Waals surface area contributed by atoms with Crippen LogP contribution >= 0.6 is 0 Å². The number of rotatable bonds is 3. The summed E-state index contributed by atoms with van der Waals surface area (Å²) in [4.78, 5) is 13.9. The molecule has 0 aliphatic heterocycles. The van der Waals surface area contributed by atoms with Crippen LogP contribution in [-0.2, 0) is 4.79 Å². The van der Waals surface area contributed by atoms with Crippen molar-refractivity contribution in [1.29, 1.82) is 0 Å². The van der Waals surface area contributed by atoms with Gasteiger partial charge in [0.2, 0.25) is 5.91 Å². The predicted molar refractivity (Wildman–Crippen MR) is 62.5 cm³/mol. The minimum atomic E-state index is 0.0732. The Hall–Kier alpha value is -0.570. The zero-order chi connectivity index (χ0) is 11.3. The highest BCUT2D eigenvalue weighted by Gasteiger charge is 2.28. The number of carbonyl (C=O) groups excluding carboxylic acids is 1. The van der Waals surface area contributed by atoms with Gasteiger partial charge >= 0.3 is 0 Å². The Balaban J connectivity index is 2.55. The van der Waals surface area contributed by atoms with Crippen LogP contribution < -0.4 is 5.73 Å². The van der Waals surface area contributed by atoms with Gasteiger partial charge in [0.15, 0.2) is 0 Å². The molecular weight excluding hydrogens is 188 g/mol. The van der Waals surface area contributed by atoms with Crippen LogP contribution in [0, 0.1) is 5.92 Å². The maximum atomic E-state index is 12.1. The van der Waals surface area contributed by atoms with E-state index < -0.39 is 0 Å². The molecule has 2 atom stereocenters. The summed E-state index contributed by atoms with van der Waals surface area (Å²) in [5.74, 6) is 0.329. The Labute approximate surface area is 93.0 Å². The van der Waals surface area contributed by atoms with E-state index in [0.29, 0.717) is 0 Å². The van der Waals surface area contributed by atoms with Crippen LogP contribution in [0.1, 0.15) is 45.4 Å². The smallest absolute Gasteiger partial charge is 0.226 e. The van der Waals surface area contributed by atoms with E-state index in [2.05, 4.69) is 6.92 Å². The number of nitrogens with two attached hydrogens (primary N) is 1. The van der Waals surface area contributed by atoms with E-state index >= 15 is 0 Å². The zero-order valence-electron chi connectivity index (χ0n) is 10.0. The monoisotopic (exact) mass is 212 g/mol. The van der Waals surface area contributed by atoms with Crippen LogP contribution in [-0.4, -0.2) is 30.4 Å². The molecule has 1 saturated carbocycles. The number of nitrogens with zero attached hydrogens (tertiary/aromatic N) is 1. The van der Waals surface area contributed by atoms with Gasteiger partial charge < -0.3 is 10.6 Å². The first-order chi connectivity index (χ1) is 7.16. The molecule has 1 aliphatic rings. The van der Waals surface area contributed by atoms with Crippen molar-refractivity contribution in [2.24, 2.45) is 11.7 Å². The first-order valence-corrected chi connectivity index (χ1v) is 6.17. The average Bonchev–Trinajstić information content (AvgIpc) is 2.42. The van der Waals surface area contributed by atoms with Gasteiger partial charge in [-0.05, 0) is 19.3 Å². The molecule has 2 N–H and O–H groups in total. The quantitative estimate of drug-likeness (QED) is 0.725. The molecule has 1 aliphatic carbocycles. The SMILES string of the molecule is CCCN(C)C(=O)[C@@H]1CCCCC[C@@H]1N. The molecule has 0 spiro atoms. The van der Waals surface area contributed by atoms with Gasteiger partial charge in [0.05, 0.1) is 5.92 Å². The molecule has 0 aromatic heterocycles. The Morgan fingerprint density at radius 1 is 1.33 bits per heavy atom. The van der Waals surface area contributed by atoms with E-state index in [4.69, 9.17) is 5.73 Å². The van der Waals surface area contributed by atoms with Gasteiger partial charge in [-0.15, -0.1) is 0 Å². The largest absolute Gasteiger partial charge is 0.345 e. The minimum Gasteiger partial charge on any atom is -0.345 e. The lowest BCUT2D eigenvalue weighted by Crippen LogP contribution is -2.42. The lowest BCUT2D eigenvalue weighted by molar-refractivity contribution is -0.135. The van der Waals surface area contributed by atoms with Crippen molar-refractivity contribution in [2.75, 3.05) is 13.6 Å². The summed E-state index contributed by atoms with van der Waals surface area (Å²) in [5.41, 5.74) is 6.07. The first-order valence-electron chi connectivity index (χ1n) is 6.17. The normalized spacial score (nSPS) is 27.1. The van der Waals surface area contributed by atoms with E-state index in [1.807, 2.05) is 11.9 Å². The topological polar surface area (TPSA) is 46.3 Å². The van der Waals surface area contributed by atoms with E-state index in [1.165, 1.54) is 12.8 Å². The van der Waals surface area contributed by atoms with Gasteiger partial charge in [-0.1, -0.05) is 26.2 Å². The van der Waals surface area contributed by atoms with Crippen LogP contribution in [0.15, 0.2) is 0 Å². The molecule has 0 unspecified atom stereocenters. The summed E-state index contributed by atoms with van der Waals surface area (Å²) >= 11 is 0. The van der Waals surface area contributed by atoms with Crippen molar-refractivity contribution in [2.45, 2.75) is 51.5 Å². The third-order valence-corrected chi connectivity index (χ3v) is 3.32. The van der Waals surface area contributed by atoms with Crippen molar-refractivity contribution in [3.05, 3.63) is 0 Å². The lowest BCUT2D eigenvalue weighted by Gasteiger charge is -2.26. The zero-order valence-corrected chi connectivity index (χ0v) is 10.0. The molecule has 0 heterocycles. The second-order valence-corrected chi connectivity index (χ2v) is 4.67. The molecule has 1 amide bonds. The van der Waals surface area contributed by atoms with E-state index in [9.17, 15) is 4.79 Å². The van der Waals surface area contributed by atoms with Gasteiger partial charge in [0.25, 0.3) is 0 Å². The van der Waals surface area contributed by atoms with Crippen LogP contribution in [0.3, 0.4) is 0 Å². The molecule has 0 aromatic rings. The fourth-order valence-corrected chi connectivity index (χ4v) is 2.37. The summed E-state index contributed by atoms with van der Waals surface area (Å²) in [6.07, 6.45) is 6.58. The summed E-state index contributed by atoms with van der Waals surface area (Å²) in [6, 6.07) is 0.0827. The predicted octanol–water partition coefficient (Wildman–Crippen LogP) is 1.76. The number of hydrogen-bond acceptors (Lipinski definition) is 2. The maximum absolute atomic E-state index is 12.1. The third-order valence-electron chi connectivity index (χ3n) is 3.32. The molecule has 3 nitrogen and oxygen atoms in total.